The molecule has 0 aliphatic heterocycles. The van der Waals surface area contributed by atoms with Crippen molar-refractivity contribution in [3.8, 4) is 0 Å². The Hall–Kier alpha value is -0.960. The summed E-state index contributed by atoms with van der Waals surface area (Å²) in [6.45, 7) is 2.72. The summed E-state index contributed by atoms with van der Waals surface area (Å²) in [7, 11) is 0. The maximum Gasteiger partial charge on any atom is 0.0467 e. The molecule has 0 heterocycles. The summed E-state index contributed by atoms with van der Waals surface area (Å²) < 4.78 is 0. The van der Waals surface area contributed by atoms with Crippen molar-refractivity contribution in [2.24, 2.45) is 5.73 Å². The lowest BCUT2D eigenvalue weighted by molar-refractivity contribution is 0.940. The molecule has 0 spiro atoms. The van der Waals surface area contributed by atoms with Crippen molar-refractivity contribution in [1.29, 1.82) is 0 Å². The normalized spacial score (nSPS) is 12.4. The Bertz CT molecular complexity index is 527. The van der Waals surface area contributed by atoms with Crippen molar-refractivity contribution >= 4 is 23.4 Å². The second-order valence-corrected chi connectivity index (χ2v) is 5.84. The molecule has 0 aliphatic carbocycles. The van der Waals surface area contributed by atoms with Crippen molar-refractivity contribution in [2.75, 3.05) is 6.54 Å². The van der Waals surface area contributed by atoms with Gasteiger partial charge in [0.25, 0.3) is 0 Å². The minimum atomic E-state index is 0.241. The number of rotatable bonds is 4. The van der Waals surface area contributed by atoms with Gasteiger partial charge in [0.15, 0.2) is 0 Å². The van der Waals surface area contributed by atoms with Gasteiger partial charge in [-0.1, -0.05) is 41.9 Å². The van der Waals surface area contributed by atoms with Gasteiger partial charge in [-0.05, 0) is 36.2 Å². The van der Waals surface area contributed by atoms with Crippen LogP contribution in [0.4, 0.5) is 0 Å². The lowest BCUT2D eigenvalue weighted by atomic mass is 10.1. The molecular weight excluding hydrogens is 262 g/mol. The Balaban J connectivity index is 2.23. The van der Waals surface area contributed by atoms with E-state index in [1.807, 2.05) is 18.2 Å². The molecule has 0 aromatic heterocycles. The van der Waals surface area contributed by atoms with Crippen molar-refractivity contribution in [3.05, 3.63) is 64.7 Å². The van der Waals surface area contributed by atoms with Crippen LogP contribution in [0.3, 0.4) is 0 Å². The van der Waals surface area contributed by atoms with E-state index in [2.05, 4.69) is 37.3 Å². The summed E-state index contributed by atoms with van der Waals surface area (Å²) in [5, 5.41) is 1.00. The molecule has 2 N–H and O–H groups in total. The molecule has 0 amide bonds. The largest absolute Gasteiger partial charge is 0.329 e. The first-order valence-electron chi connectivity index (χ1n) is 5.88. The molecule has 3 heteroatoms. The summed E-state index contributed by atoms with van der Waals surface area (Å²) in [4.78, 5) is 1.27. The second kappa shape index (κ2) is 6.28. The number of benzene rings is 2. The molecule has 2 aromatic carbocycles. The van der Waals surface area contributed by atoms with Crippen molar-refractivity contribution in [3.63, 3.8) is 0 Å². The van der Waals surface area contributed by atoms with Crippen LogP contribution in [-0.4, -0.2) is 6.54 Å². The van der Waals surface area contributed by atoms with Gasteiger partial charge >= 0.3 is 0 Å². The van der Waals surface area contributed by atoms with Crippen LogP contribution < -0.4 is 5.73 Å². The van der Waals surface area contributed by atoms with Crippen molar-refractivity contribution in [1.82, 2.24) is 0 Å². The van der Waals surface area contributed by atoms with Gasteiger partial charge < -0.3 is 5.73 Å². The topological polar surface area (TPSA) is 26.0 Å². The monoisotopic (exact) mass is 277 g/mol. The quantitative estimate of drug-likeness (QED) is 0.836. The average Bonchev–Trinajstić information content (AvgIpc) is 2.38. The Morgan fingerprint density at radius 3 is 2.61 bits per heavy atom. The maximum absolute atomic E-state index is 6.03. The fourth-order valence-electron chi connectivity index (χ4n) is 1.80. The van der Waals surface area contributed by atoms with E-state index in [1.54, 1.807) is 11.8 Å². The number of thioether (sulfide) groups is 1. The lowest BCUT2D eigenvalue weighted by Crippen LogP contribution is -2.09. The predicted octanol–water partition coefficient (Wildman–Crippen LogP) is 4.44. The smallest absolute Gasteiger partial charge is 0.0467 e. The highest BCUT2D eigenvalue weighted by Gasteiger charge is 2.12. The van der Waals surface area contributed by atoms with E-state index in [0.717, 1.165) is 5.02 Å². The Labute approximate surface area is 117 Å². The third-order valence-electron chi connectivity index (χ3n) is 2.80. The lowest BCUT2D eigenvalue weighted by Gasteiger charge is -2.16. The molecule has 1 nitrogen and oxygen atoms in total. The van der Waals surface area contributed by atoms with E-state index in [0.29, 0.717) is 6.54 Å². The zero-order chi connectivity index (χ0) is 13.0. The minimum absolute atomic E-state index is 0.241. The summed E-state index contributed by atoms with van der Waals surface area (Å²) in [6.07, 6.45) is 0. The molecular formula is C15H16ClNS. The highest BCUT2D eigenvalue weighted by Crippen LogP contribution is 2.36. The molecule has 0 aliphatic rings. The molecule has 18 heavy (non-hydrogen) atoms. The molecule has 0 fully saturated rings. The fourth-order valence-corrected chi connectivity index (χ4v) is 3.10. The first-order chi connectivity index (χ1) is 8.70. The van der Waals surface area contributed by atoms with Gasteiger partial charge in [0.05, 0.1) is 0 Å². The molecule has 1 atom stereocenters. The van der Waals surface area contributed by atoms with Crippen LogP contribution in [0.25, 0.3) is 0 Å². The van der Waals surface area contributed by atoms with Crippen molar-refractivity contribution < 1.29 is 0 Å². The van der Waals surface area contributed by atoms with Crippen LogP contribution in [0.15, 0.2) is 53.4 Å². The van der Waals surface area contributed by atoms with Crippen LogP contribution in [-0.2, 0) is 0 Å². The van der Waals surface area contributed by atoms with Crippen molar-refractivity contribution in [2.45, 2.75) is 17.1 Å². The third-order valence-corrected chi connectivity index (χ3v) is 4.49. The van der Waals surface area contributed by atoms with E-state index in [4.69, 9.17) is 17.3 Å². The number of hydrogen-bond donors (Lipinski definition) is 1. The second-order valence-electron chi connectivity index (χ2n) is 4.16. The van der Waals surface area contributed by atoms with Crippen LogP contribution in [0.1, 0.15) is 16.4 Å². The Morgan fingerprint density at radius 2 is 1.94 bits per heavy atom. The molecule has 94 valence electrons. The first kappa shape index (κ1) is 13.5. The van der Waals surface area contributed by atoms with Gasteiger partial charge in [-0.3, -0.25) is 0 Å². The van der Waals surface area contributed by atoms with Gasteiger partial charge in [0.2, 0.25) is 0 Å². The summed E-state index contributed by atoms with van der Waals surface area (Å²) >= 11 is 7.82. The zero-order valence-electron chi connectivity index (χ0n) is 10.3. The van der Waals surface area contributed by atoms with Gasteiger partial charge in [-0.15, -0.1) is 11.8 Å². The standard InChI is InChI=1S/C15H16ClNS/c1-11-5-2-3-8-14(11)18-15(10-17)12-6-4-7-13(16)9-12/h2-9,15H,10,17H2,1H3. The van der Waals surface area contributed by atoms with Gasteiger partial charge in [-0.25, -0.2) is 0 Å². The van der Waals surface area contributed by atoms with Gasteiger partial charge in [0, 0.05) is 21.7 Å². The minimum Gasteiger partial charge on any atom is -0.329 e. The summed E-state index contributed by atoms with van der Waals surface area (Å²) in [5.41, 5.74) is 8.35. The van der Waals surface area contributed by atoms with Crippen LogP contribution >= 0.6 is 23.4 Å². The van der Waals surface area contributed by atoms with Crippen LogP contribution in [0.2, 0.25) is 5.02 Å². The van der Waals surface area contributed by atoms with Gasteiger partial charge in [-0.2, -0.15) is 0 Å². The van der Waals surface area contributed by atoms with E-state index >= 15 is 0 Å². The highest BCUT2D eigenvalue weighted by atomic mass is 35.5. The molecule has 2 rings (SSSR count). The molecule has 0 radical (unpaired) electrons. The number of aryl methyl sites for hydroxylation is 1. The number of hydrogen-bond acceptors (Lipinski definition) is 2. The Kier molecular flexibility index (Phi) is 4.70. The molecule has 0 bridgehead atoms. The Morgan fingerprint density at radius 1 is 1.17 bits per heavy atom. The van der Waals surface area contributed by atoms with E-state index < -0.39 is 0 Å². The molecule has 0 saturated carbocycles. The van der Waals surface area contributed by atoms with Crippen LogP contribution in [0, 0.1) is 6.92 Å². The maximum atomic E-state index is 6.03. The number of halogens is 1. The first-order valence-corrected chi connectivity index (χ1v) is 7.14. The highest BCUT2D eigenvalue weighted by molar-refractivity contribution is 7.99. The molecule has 2 aromatic rings. The van der Waals surface area contributed by atoms with E-state index in [9.17, 15) is 0 Å². The number of nitrogens with two attached hydrogens (primary N) is 1. The SMILES string of the molecule is Cc1ccccc1SC(CN)c1cccc(Cl)c1. The average molecular weight is 278 g/mol. The fraction of sp³-hybridized carbons (Fsp3) is 0.200. The zero-order valence-corrected chi connectivity index (χ0v) is 11.8. The summed E-state index contributed by atoms with van der Waals surface area (Å²) in [6, 6.07) is 16.3. The third kappa shape index (κ3) is 3.29. The van der Waals surface area contributed by atoms with Crippen LogP contribution in [0.5, 0.6) is 0 Å². The predicted molar refractivity (Wildman–Crippen MR) is 80.3 cm³/mol. The van der Waals surface area contributed by atoms with E-state index in [-0.39, 0.29) is 5.25 Å². The summed E-state index contributed by atoms with van der Waals surface area (Å²) in [5.74, 6) is 0. The van der Waals surface area contributed by atoms with Gasteiger partial charge in [0.1, 0.15) is 0 Å². The molecule has 1 unspecified atom stereocenters. The van der Waals surface area contributed by atoms with E-state index in [1.165, 1.54) is 16.0 Å². The molecule has 0 saturated heterocycles.